The summed E-state index contributed by atoms with van der Waals surface area (Å²) in [5, 5.41) is 14.7. The maximum atomic E-state index is 13.2. The van der Waals surface area contributed by atoms with E-state index in [0.717, 1.165) is 64.2 Å². The highest BCUT2D eigenvalue weighted by Gasteiger charge is 2.25. The zero-order valence-corrected chi connectivity index (χ0v) is 20.2. The van der Waals surface area contributed by atoms with E-state index in [-0.39, 0.29) is 11.3 Å². The molecule has 0 spiro atoms. The molecule has 0 saturated carbocycles. The van der Waals surface area contributed by atoms with Gasteiger partial charge in [-0.05, 0) is 56.6 Å². The van der Waals surface area contributed by atoms with Crippen molar-refractivity contribution < 1.29 is 19.2 Å². The number of rotatable bonds is 6. The molecule has 10 nitrogen and oxygen atoms in total. The fourth-order valence-electron chi connectivity index (χ4n) is 4.61. The number of hydrogen-bond donors (Lipinski definition) is 1. The van der Waals surface area contributed by atoms with Crippen LogP contribution in [0.3, 0.4) is 0 Å². The van der Waals surface area contributed by atoms with Crippen LogP contribution in [-0.4, -0.2) is 75.1 Å². The van der Waals surface area contributed by atoms with Gasteiger partial charge in [0.25, 0.3) is 11.6 Å². The predicted octanol–water partition coefficient (Wildman–Crippen LogP) is 3.38. The fourth-order valence-corrected chi connectivity index (χ4v) is 4.61. The van der Waals surface area contributed by atoms with Crippen molar-refractivity contribution in [3.8, 4) is 0 Å². The van der Waals surface area contributed by atoms with E-state index in [2.05, 4.69) is 22.2 Å². The van der Waals surface area contributed by atoms with Crippen LogP contribution in [0.4, 0.5) is 22.7 Å². The van der Waals surface area contributed by atoms with Crippen LogP contribution in [0.2, 0.25) is 0 Å². The van der Waals surface area contributed by atoms with Crippen molar-refractivity contribution in [2.75, 3.05) is 68.5 Å². The molecule has 2 aromatic rings. The van der Waals surface area contributed by atoms with Crippen LogP contribution >= 0.6 is 0 Å². The molecule has 1 amide bonds. The van der Waals surface area contributed by atoms with E-state index >= 15 is 0 Å². The van der Waals surface area contributed by atoms with Gasteiger partial charge in [-0.3, -0.25) is 14.9 Å². The number of amides is 1. The molecule has 0 aromatic heterocycles. The van der Waals surface area contributed by atoms with Crippen molar-refractivity contribution in [2.24, 2.45) is 0 Å². The van der Waals surface area contributed by atoms with E-state index < -0.39 is 16.8 Å². The van der Waals surface area contributed by atoms with Gasteiger partial charge in [0, 0.05) is 50.9 Å². The number of carbonyl (C=O) groups is 2. The van der Waals surface area contributed by atoms with Gasteiger partial charge in [0.1, 0.15) is 5.69 Å². The number of ether oxygens (including phenoxy) is 1. The first-order valence-corrected chi connectivity index (χ1v) is 11.9. The molecule has 0 unspecified atom stereocenters. The van der Waals surface area contributed by atoms with E-state index in [1.54, 1.807) is 30.3 Å². The number of methoxy groups -OCH3 is 1. The normalized spacial score (nSPS) is 16.6. The molecule has 2 aliphatic heterocycles. The molecule has 10 heteroatoms. The summed E-state index contributed by atoms with van der Waals surface area (Å²) in [6.45, 7) is 4.81. The second-order valence-corrected chi connectivity index (χ2v) is 8.98. The monoisotopic (exact) mass is 481 g/mol. The molecule has 0 atom stereocenters. The number of anilines is 3. The first-order chi connectivity index (χ1) is 16.9. The first kappa shape index (κ1) is 24.5. The van der Waals surface area contributed by atoms with Crippen molar-refractivity contribution in [3.05, 3.63) is 57.6 Å². The first-order valence-electron chi connectivity index (χ1n) is 11.9. The average Bonchev–Trinajstić information content (AvgIpc) is 2.89. The van der Waals surface area contributed by atoms with Crippen molar-refractivity contribution in [3.63, 3.8) is 0 Å². The Morgan fingerprint density at radius 3 is 2.17 bits per heavy atom. The van der Waals surface area contributed by atoms with E-state index in [4.69, 9.17) is 4.74 Å². The average molecular weight is 482 g/mol. The lowest BCUT2D eigenvalue weighted by Crippen LogP contribution is -2.44. The number of carbonyl (C=O) groups excluding carboxylic acids is 2. The van der Waals surface area contributed by atoms with E-state index in [0.29, 0.717) is 16.9 Å². The SMILES string of the molecule is COC(=O)c1ccc(N2CCN(C)CC2)c(NC(=O)c2ccc(N3CCCCC3)c([N+](=O)[O-])c2)c1. The molecule has 35 heavy (non-hydrogen) atoms. The molecule has 186 valence electrons. The molecule has 4 rings (SSSR count). The Morgan fingerprint density at radius 1 is 0.886 bits per heavy atom. The molecule has 0 bridgehead atoms. The van der Waals surface area contributed by atoms with Gasteiger partial charge in [-0.1, -0.05) is 0 Å². The number of nitrogens with zero attached hydrogens (tertiary/aromatic N) is 4. The maximum Gasteiger partial charge on any atom is 0.337 e. The molecule has 2 heterocycles. The van der Waals surface area contributed by atoms with E-state index in [1.807, 2.05) is 4.90 Å². The number of hydrogen-bond acceptors (Lipinski definition) is 8. The topological polar surface area (TPSA) is 108 Å². The summed E-state index contributed by atoms with van der Waals surface area (Å²) < 4.78 is 4.84. The number of esters is 1. The van der Waals surface area contributed by atoms with Gasteiger partial charge in [0.15, 0.2) is 0 Å². The number of nitro benzene ring substituents is 1. The summed E-state index contributed by atoms with van der Waals surface area (Å²) in [4.78, 5) is 43.1. The third-order valence-corrected chi connectivity index (χ3v) is 6.64. The summed E-state index contributed by atoms with van der Waals surface area (Å²) in [7, 11) is 3.36. The number of nitro groups is 1. The smallest absolute Gasteiger partial charge is 0.337 e. The van der Waals surface area contributed by atoms with Crippen molar-refractivity contribution in [2.45, 2.75) is 19.3 Å². The van der Waals surface area contributed by atoms with Gasteiger partial charge in [-0.25, -0.2) is 4.79 Å². The van der Waals surface area contributed by atoms with Gasteiger partial charge in [-0.2, -0.15) is 0 Å². The zero-order chi connectivity index (χ0) is 24.9. The van der Waals surface area contributed by atoms with Crippen LogP contribution in [0, 0.1) is 10.1 Å². The van der Waals surface area contributed by atoms with Crippen molar-refractivity contribution >= 4 is 34.6 Å². The Labute approximate surface area is 204 Å². The molecule has 0 radical (unpaired) electrons. The lowest BCUT2D eigenvalue weighted by Gasteiger charge is -2.35. The lowest BCUT2D eigenvalue weighted by atomic mass is 10.1. The number of piperidine rings is 1. The number of nitrogens with one attached hydrogen (secondary N) is 1. The highest BCUT2D eigenvalue weighted by atomic mass is 16.6. The van der Waals surface area contributed by atoms with Crippen LogP contribution in [0.1, 0.15) is 40.0 Å². The van der Waals surface area contributed by atoms with Crippen LogP contribution in [0.5, 0.6) is 0 Å². The lowest BCUT2D eigenvalue weighted by molar-refractivity contribution is -0.384. The van der Waals surface area contributed by atoms with Crippen molar-refractivity contribution in [1.82, 2.24) is 4.90 Å². The number of piperazine rings is 1. The van der Waals surface area contributed by atoms with Gasteiger partial charge < -0.3 is 24.8 Å². The highest BCUT2D eigenvalue weighted by molar-refractivity contribution is 6.07. The second-order valence-electron chi connectivity index (χ2n) is 8.98. The molecule has 0 aliphatic carbocycles. The summed E-state index contributed by atoms with van der Waals surface area (Å²) in [5.74, 6) is -0.984. The summed E-state index contributed by atoms with van der Waals surface area (Å²) >= 11 is 0. The van der Waals surface area contributed by atoms with E-state index in [1.165, 1.54) is 13.2 Å². The number of benzene rings is 2. The minimum Gasteiger partial charge on any atom is -0.465 e. The zero-order valence-electron chi connectivity index (χ0n) is 20.2. The minimum absolute atomic E-state index is 0.0813. The number of likely N-dealkylation sites (N-methyl/N-ethyl adjacent to an activating group) is 1. The molecule has 1 N–H and O–H groups in total. The quantitative estimate of drug-likeness (QED) is 0.380. The van der Waals surface area contributed by atoms with Crippen LogP contribution in [0.15, 0.2) is 36.4 Å². The Hall–Kier alpha value is -3.66. The molecule has 2 aromatic carbocycles. The maximum absolute atomic E-state index is 13.2. The summed E-state index contributed by atoms with van der Waals surface area (Å²) in [5.41, 5.74) is 2.21. The largest absolute Gasteiger partial charge is 0.465 e. The molecular formula is C25H31N5O5. The Bertz CT molecular complexity index is 1110. The predicted molar refractivity (Wildman–Crippen MR) is 135 cm³/mol. The molecule has 2 aliphatic rings. The van der Waals surface area contributed by atoms with Gasteiger partial charge in [-0.15, -0.1) is 0 Å². The summed E-state index contributed by atoms with van der Waals surface area (Å²) in [6.07, 6.45) is 3.10. The Morgan fingerprint density at radius 2 is 1.51 bits per heavy atom. The van der Waals surface area contributed by atoms with E-state index in [9.17, 15) is 19.7 Å². The fraction of sp³-hybridized carbons (Fsp3) is 0.440. The Balaban J connectivity index is 1.63. The van der Waals surface area contributed by atoms with Gasteiger partial charge in [0.2, 0.25) is 0 Å². The minimum atomic E-state index is -0.507. The Kier molecular flexibility index (Phi) is 7.50. The standard InChI is InChI=1S/C25H31N5O5/c1-27-12-14-29(15-13-27)21-8-7-19(25(32)35-2)16-20(21)26-24(31)18-6-9-22(23(17-18)30(33)34)28-10-4-3-5-11-28/h6-9,16-17H,3-5,10-15H2,1-2H3,(H,26,31). The second kappa shape index (κ2) is 10.7. The van der Waals surface area contributed by atoms with Gasteiger partial charge in [0.05, 0.1) is 29.0 Å². The highest BCUT2D eigenvalue weighted by Crippen LogP contribution is 2.33. The van der Waals surface area contributed by atoms with Crippen LogP contribution < -0.4 is 15.1 Å². The van der Waals surface area contributed by atoms with Crippen molar-refractivity contribution in [1.29, 1.82) is 0 Å². The third-order valence-electron chi connectivity index (χ3n) is 6.64. The van der Waals surface area contributed by atoms with Gasteiger partial charge >= 0.3 is 5.97 Å². The van der Waals surface area contributed by atoms with Crippen LogP contribution in [-0.2, 0) is 4.74 Å². The molecule has 2 fully saturated rings. The van der Waals surface area contributed by atoms with Crippen LogP contribution in [0.25, 0.3) is 0 Å². The molecule has 2 saturated heterocycles. The molecular weight excluding hydrogens is 450 g/mol. The summed E-state index contributed by atoms with van der Waals surface area (Å²) in [6, 6.07) is 9.67. The third kappa shape index (κ3) is 5.54.